The standard InChI is InChI=1S/C7H8BrNO2S.C3H8O/c1-12(10,11)9-7-4-2-6(8)3-5-7;1-3-4-2/h2-5,9H,1H3;3H2,1-2H3. The maximum atomic E-state index is 10.8. The molecular weight excluding hydrogens is 294 g/mol. The quantitative estimate of drug-likeness (QED) is 0.933. The summed E-state index contributed by atoms with van der Waals surface area (Å²) in [5.41, 5.74) is 0.570. The number of methoxy groups -OCH3 is 1. The van der Waals surface area contributed by atoms with Gasteiger partial charge >= 0.3 is 0 Å². The van der Waals surface area contributed by atoms with Crippen LogP contribution in [0.15, 0.2) is 28.7 Å². The van der Waals surface area contributed by atoms with Crippen molar-refractivity contribution in [3.8, 4) is 0 Å². The summed E-state index contributed by atoms with van der Waals surface area (Å²) < 4.78 is 29.3. The Bertz CT molecular complexity index is 387. The van der Waals surface area contributed by atoms with E-state index < -0.39 is 10.0 Å². The zero-order valence-corrected chi connectivity index (χ0v) is 11.9. The lowest BCUT2D eigenvalue weighted by Gasteiger charge is -2.02. The minimum absolute atomic E-state index is 0.570. The van der Waals surface area contributed by atoms with Crippen molar-refractivity contribution in [1.82, 2.24) is 0 Å². The lowest BCUT2D eigenvalue weighted by atomic mass is 10.3. The molecule has 0 amide bonds. The van der Waals surface area contributed by atoms with E-state index in [2.05, 4.69) is 25.4 Å². The molecule has 0 saturated heterocycles. The summed E-state index contributed by atoms with van der Waals surface area (Å²) in [6, 6.07) is 6.91. The summed E-state index contributed by atoms with van der Waals surface area (Å²) in [6.45, 7) is 2.78. The predicted molar refractivity (Wildman–Crippen MR) is 70.2 cm³/mol. The number of hydrogen-bond donors (Lipinski definition) is 1. The third kappa shape index (κ3) is 8.70. The van der Waals surface area contributed by atoms with E-state index >= 15 is 0 Å². The minimum Gasteiger partial charge on any atom is -0.385 e. The van der Waals surface area contributed by atoms with E-state index in [0.29, 0.717) is 5.69 Å². The van der Waals surface area contributed by atoms with Crippen LogP contribution in [0.4, 0.5) is 5.69 Å². The van der Waals surface area contributed by atoms with Crippen molar-refractivity contribution < 1.29 is 13.2 Å². The molecule has 4 nitrogen and oxygen atoms in total. The molecule has 0 heterocycles. The second-order valence-corrected chi connectivity index (χ2v) is 5.62. The molecule has 0 radical (unpaired) electrons. The van der Waals surface area contributed by atoms with Crippen molar-refractivity contribution in [3.63, 3.8) is 0 Å². The van der Waals surface area contributed by atoms with Gasteiger partial charge in [0.25, 0.3) is 0 Å². The van der Waals surface area contributed by atoms with Gasteiger partial charge in [-0.05, 0) is 31.2 Å². The summed E-state index contributed by atoms with van der Waals surface area (Å²) in [4.78, 5) is 0. The van der Waals surface area contributed by atoms with Crippen molar-refractivity contribution in [1.29, 1.82) is 0 Å². The first-order valence-corrected chi connectivity index (χ1v) is 7.29. The average molecular weight is 310 g/mol. The highest BCUT2D eigenvalue weighted by molar-refractivity contribution is 9.10. The zero-order chi connectivity index (χ0) is 12.6. The predicted octanol–water partition coefficient (Wildman–Crippen LogP) is 2.47. The van der Waals surface area contributed by atoms with Crippen LogP contribution in [-0.2, 0) is 14.8 Å². The van der Waals surface area contributed by atoms with Gasteiger partial charge in [-0.15, -0.1) is 0 Å². The van der Waals surface area contributed by atoms with Gasteiger partial charge in [-0.3, -0.25) is 4.72 Å². The Morgan fingerprint density at radius 3 is 2.06 bits per heavy atom. The smallest absolute Gasteiger partial charge is 0.229 e. The van der Waals surface area contributed by atoms with Gasteiger partial charge < -0.3 is 4.74 Å². The van der Waals surface area contributed by atoms with Crippen molar-refractivity contribution in [2.24, 2.45) is 0 Å². The largest absolute Gasteiger partial charge is 0.385 e. The van der Waals surface area contributed by atoms with Gasteiger partial charge in [0.2, 0.25) is 10.0 Å². The molecule has 6 heteroatoms. The normalized spacial score (nSPS) is 10.2. The Morgan fingerprint density at radius 2 is 1.75 bits per heavy atom. The van der Waals surface area contributed by atoms with Crippen LogP contribution < -0.4 is 4.72 Å². The average Bonchev–Trinajstić information content (AvgIpc) is 2.20. The van der Waals surface area contributed by atoms with Crippen LogP contribution >= 0.6 is 15.9 Å². The van der Waals surface area contributed by atoms with Crippen molar-refractivity contribution in [2.75, 3.05) is 24.7 Å². The fraction of sp³-hybridized carbons (Fsp3) is 0.400. The first-order chi connectivity index (χ1) is 7.39. The first kappa shape index (κ1) is 15.4. The van der Waals surface area contributed by atoms with Crippen molar-refractivity contribution in [2.45, 2.75) is 6.92 Å². The van der Waals surface area contributed by atoms with Crippen LogP contribution in [0.2, 0.25) is 0 Å². The number of rotatable bonds is 3. The van der Waals surface area contributed by atoms with E-state index in [4.69, 9.17) is 0 Å². The highest BCUT2D eigenvalue weighted by Gasteiger charge is 1.99. The number of ether oxygens (including phenoxy) is 1. The molecule has 0 saturated carbocycles. The molecule has 1 aromatic rings. The molecule has 92 valence electrons. The van der Waals surface area contributed by atoms with Crippen LogP contribution in [0, 0.1) is 0 Å². The van der Waals surface area contributed by atoms with Gasteiger partial charge in [-0.2, -0.15) is 0 Å². The number of hydrogen-bond acceptors (Lipinski definition) is 3. The number of sulfonamides is 1. The first-order valence-electron chi connectivity index (χ1n) is 4.61. The maximum Gasteiger partial charge on any atom is 0.229 e. The topological polar surface area (TPSA) is 55.4 Å². The molecule has 1 rings (SSSR count). The number of halogens is 1. The summed E-state index contributed by atoms with van der Waals surface area (Å²) in [7, 11) is -1.47. The summed E-state index contributed by atoms with van der Waals surface area (Å²) in [5.74, 6) is 0. The van der Waals surface area contributed by atoms with E-state index in [1.807, 2.05) is 6.92 Å². The van der Waals surface area contributed by atoms with Gasteiger partial charge in [-0.1, -0.05) is 15.9 Å². The number of anilines is 1. The molecule has 16 heavy (non-hydrogen) atoms. The van der Waals surface area contributed by atoms with E-state index in [1.165, 1.54) is 0 Å². The van der Waals surface area contributed by atoms with Crippen LogP contribution in [-0.4, -0.2) is 28.4 Å². The lowest BCUT2D eigenvalue weighted by Crippen LogP contribution is -2.09. The van der Waals surface area contributed by atoms with E-state index in [-0.39, 0.29) is 0 Å². The minimum atomic E-state index is -3.16. The third-order valence-electron chi connectivity index (χ3n) is 1.44. The number of benzene rings is 1. The van der Waals surface area contributed by atoms with Gasteiger partial charge in [-0.25, -0.2) is 8.42 Å². The highest BCUT2D eigenvalue weighted by atomic mass is 79.9. The fourth-order valence-electron chi connectivity index (χ4n) is 0.732. The van der Waals surface area contributed by atoms with Gasteiger partial charge in [0.05, 0.1) is 6.26 Å². The lowest BCUT2D eigenvalue weighted by molar-refractivity contribution is 0.215. The molecular formula is C10H16BrNO3S. The Labute approximate surface area is 105 Å². The zero-order valence-electron chi connectivity index (χ0n) is 9.53. The maximum absolute atomic E-state index is 10.8. The van der Waals surface area contributed by atoms with Crippen molar-refractivity contribution in [3.05, 3.63) is 28.7 Å². The van der Waals surface area contributed by atoms with E-state index in [9.17, 15) is 8.42 Å². The highest BCUT2D eigenvalue weighted by Crippen LogP contribution is 2.14. The molecule has 0 aliphatic carbocycles. The fourth-order valence-corrected chi connectivity index (χ4v) is 1.56. The second-order valence-electron chi connectivity index (χ2n) is 2.96. The monoisotopic (exact) mass is 309 g/mol. The molecule has 1 N–H and O–H groups in total. The third-order valence-corrected chi connectivity index (χ3v) is 2.57. The molecule has 0 aliphatic heterocycles. The van der Waals surface area contributed by atoms with E-state index in [1.54, 1.807) is 31.4 Å². The molecule has 1 aromatic carbocycles. The molecule has 0 bridgehead atoms. The molecule has 0 fully saturated rings. The molecule has 0 unspecified atom stereocenters. The van der Waals surface area contributed by atoms with Crippen LogP contribution in [0.25, 0.3) is 0 Å². The van der Waals surface area contributed by atoms with Crippen LogP contribution in [0.3, 0.4) is 0 Å². The second kappa shape index (κ2) is 7.65. The Morgan fingerprint density at radius 1 is 1.31 bits per heavy atom. The molecule has 0 atom stereocenters. The summed E-state index contributed by atoms with van der Waals surface area (Å²) in [6.07, 6.45) is 1.12. The number of nitrogens with one attached hydrogen (secondary N) is 1. The summed E-state index contributed by atoms with van der Waals surface area (Å²) in [5, 5.41) is 0. The van der Waals surface area contributed by atoms with Crippen molar-refractivity contribution >= 4 is 31.6 Å². The molecule has 0 aliphatic rings. The SMILES string of the molecule is CCOC.CS(=O)(=O)Nc1ccc(Br)cc1. The Hall–Kier alpha value is -0.590. The van der Waals surface area contributed by atoms with Gasteiger partial charge in [0.1, 0.15) is 0 Å². The van der Waals surface area contributed by atoms with Crippen LogP contribution in [0.5, 0.6) is 0 Å². The van der Waals surface area contributed by atoms with E-state index in [0.717, 1.165) is 17.3 Å². The summed E-state index contributed by atoms with van der Waals surface area (Å²) >= 11 is 3.25. The van der Waals surface area contributed by atoms with Gasteiger partial charge in [0, 0.05) is 23.9 Å². The molecule has 0 spiro atoms. The Kier molecular flexibility index (Phi) is 7.36. The Balaban J connectivity index is 0.000000487. The van der Waals surface area contributed by atoms with Gasteiger partial charge in [0.15, 0.2) is 0 Å². The molecule has 0 aromatic heterocycles. The van der Waals surface area contributed by atoms with Crippen LogP contribution in [0.1, 0.15) is 6.92 Å².